The third-order valence-electron chi connectivity index (χ3n) is 5.83. The van der Waals surface area contributed by atoms with E-state index in [0.29, 0.717) is 18.5 Å². The molecule has 1 heterocycles. The van der Waals surface area contributed by atoms with Crippen LogP contribution in [0, 0.1) is 0 Å². The Morgan fingerprint density at radius 2 is 1.40 bits per heavy atom. The quantitative estimate of drug-likeness (QED) is 0.874. The van der Waals surface area contributed by atoms with Gasteiger partial charge in [0.2, 0.25) is 5.91 Å². The van der Waals surface area contributed by atoms with Gasteiger partial charge in [0.15, 0.2) is 0 Å². The lowest BCUT2D eigenvalue weighted by Gasteiger charge is -2.35. The monoisotopic (exact) mass is 336 g/mol. The van der Waals surface area contributed by atoms with Crippen molar-refractivity contribution < 1.29 is 4.79 Å². The van der Waals surface area contributed by atoms with Crippen LogP contribution < -0.4 is 5.73 Å². The second-order valence-corrected chi connectivity index (χ2v) is 7.26. The Labute approximate surface area is 150 Å². The molecule has 25 heavy (non-hydrogen) atoms. The van der Waals surface area contributed by atoms with Gasteiger partial charge in [-0.15, -0.1) is 0 Å². The normalized spacial score (nSPS) is 21.4. The molecule has 2 aromatic carbocycles. The van der Waals surface area contributed by atoms with Crippen molar-refractivity contribution in [3.63, 3.8) is 0 Å². The van der Waals surface area contributed by atoms with Crippen LogP contribution in [0.4, 0.5) is 0 Å². The first-order valence-corrected chi connectivity index (χ1v) is 9.22. The van der Waals surface area contributed by atoms with Gasteiger partial charge in [0, 0.05) is 18.6 Å². The lowest BCUT2D eigenvalue weighted by molar-refractivity contribution is -0.122. The van der Waals surface area contributed by atoms with E-state index in [2.05, 4.69) is 18.7 Å². The first-order chi connectivity index (χ1) is 12.1. The highest BCUT2D eigenvalue weighted by atomic mass is 16.1. The minimum absolute atomic E-state index is 0.274. The molecule has 2 N–H and O–H groups in total. The minimum atomic E-state index is -0.787. The summed E-state index contributed by atoms with van der Waals surface area (Å²) in [5.41, 5.74) is 7.20. The predicted molar refractivity (Wildman–Crippen MR) is 102 cm³/mol. The van der Waals surface area contributed by atoms with Crippen LogP contribution in [-0.2, 0) is 10.2 Å². The van der Waals surface area contributed by atoms with Gasteiger partial charge in [-0.3, -0.25) is 9.69 Å². The molecule has 0 aromatic heterocycles. The van der Waals surface area contributed by atoms with E-state index in [9.17, 15) is 4.79 Å². The van der Waals surface area contributed by atoms with Gasteiger partial charge >= 0.3 is 0 Å². The van der Waals surface area contributed by atoms with Gasteiger partial charge in [0.05, 0.1) is 5.41 Å². The lowest BCUT2D eigenvalue weighted by Crippen LogP contribution is -2.46. The Balaban J connectivity index is 2.01. The average Bonchev–Trinajstić information content (AvgIpc) is 2.95. The first kappa shape index (κ1) is 17.7. The third-order valence-corrected chi connectivity index (χ3v) is 5.83. The number of hydrogen-bond donors (Lipinski definition) is 1. The molecule has 0 bridgehead atoms. The zero-order valence-corrected chi connectivity index (χ0v) is 15.2. The number of nitrogens with zero attached hydrogens (tertiary/aromatic N) is 1. The summed E-state index contributed by atoms with van der Waals surface area (Å²) < 4.78 is 0. The van der Waals surface area contributed by atoms with Crippen LogP contribution in [0.1, 0.15) is 44.2 Å². The summed E-state index contributed by atoms with van der Waals surface area (Å²) in [6.45, 7) is 5.43. The standard InChI is InChI=1S/C22H28N2O/c1-17-13-14-18(2)24(17)16-15-22(21(23)25,19-9-5-3-6-10-19)20-11-7-4-8-12-20/h3-12,17-18H,13-16H2,1-2H3,(H2,23,25). The van der Waals surface area contributed by atoms with Gasteiger partial charge in [0.1, 0.15) is 0 Å². The molecule has 132 valence electrons. The topological polar surface area (TPSA) is 46.3 Å². The highest BCUT2D eigenvalue weighted by Gasteiger charge is 2.41. The number of carbonyl (C=O) groups excluding carboxylic acids is 1. The lowest BCUT2D eigenvalue weighted by atomic mass is 9.71. The largest absolute Gasteiger partial charge is 0.369 e. The first-order valence-electron chi connectivity index (χ1n) is 9.22. The van der Waals surface area contributed by atoms with Gasteiger partial charge in [-0.05, 0) is 44.2 Å². The molecule has 0 spiro atoms. The van der Waals surface area contributed by atoms with Crippen molar-refractivity contribution >= 4 is 5.91 Å². The molecule has 2 atom stereocenters. The highest BCUT2D eigenvalue weighted by molar-refractivity contribution is 5.90. The predicted octanol–water partition coefficient (Wildman–Crippen LogP) is 3.72. The molecule has 0 radical (unpaired) electrons. The Morgan fingerprint density at radius 3 is 1.80 bits per heavy atom. The summed E-state index contributed by atoms with van der Waals surface area (Å²) in [7, 11) is 0. The molecule has 2 unspecified atom stereocenters. The van der Waals surface area contributed by atoms with Crippen LogP contribution in [0.3, 0.4) is 0 Å². The summed E-state index contributed by atoms with van der Waals surface area (Å²) in [6.07, 6.45) is 3.15. The molecule has 1 amide bonds. The fourth-order valence-electron chi connectivity index (χ4n) is 4.29. The summed E-state index contributed by atoms with van der Waals surface area (Å²) in [5.74, 6) is -0.274. The molecule has 2 aromatic rings. The number of amides is 1. The van der Waals surface area contributed by atoms with Crippen LogP contribution in [-0.4, -0.2) is 29.4 Å². The molecule has 1 aliphatic rings. The SMILES string of the molecule is CC1CCC(C)N1CCC(C(N)=O)(c1ccccc1)c1ccccc1. The van der Waals surface area contributed by atoms with E-state index in [1.165, 1.54) is 12.8 Å². The number of primary amides is 1. The fraction of sp³-hybridized carbons (Fsp3) is 0.409. The Kier molecular flexibility index (Phi) is 5.24. The smallest absolute Gasteiger partial charge is 0.232 e. The van der Waals surface area contributed by atoms with Crippen molar-refractivity contribution in [2.24, 2.45) is 5.73 Å². The van der Waals surface area contributed by atoms with Crippen LogP contribution in [0.2, 0.25) is 0 Å². The van der Waals surface area contributed by atoms with Crippen molar-refractivity contribution in [3.8, 4) is 0 Å². The van der Waals surface area contributed by atoms with Crippen molar-refractivity contribution in [2.45, 2.75) is 50.6 Å². The molecular formula is C22H28N2O. The Morgan fingerprint density at radius 1 is 0.960 bits per heavy atom. The molecular weight excluding hydrogens is 308 g/mol. The van der Waals surface area contributed by atoms with E-state index >= 15 is 0 Å². The van der Waals surface area contributed by atoms with E-state index < -0.39 is 5.41 Å². The van der Waals surface area contributed by atoms with Gasteiger partial charge in [0.25, 0.3) is 0 Å². The van der Waals surface area contributed by atoms with Crippen LogP contribution in [0.5, 0.6) is 0 Å². The average molecular weight is 336 g/mol. The van der Waals surface area contributed by atoms with Crippen LogP contribution in [0.15, 0.2) is 60.7 Å². The van der Waals surface area contributed by atoms with Gasteiger partial charge in [-0.25, -0.2) is 0 Å². The fourth-order valence-corrected chi connectivity index (χ4v) is 4.29. The van der Waals surface area contributed by atoms with E-state index in [1.54, 1.807) is 0 Å². The van der Waals surface area contributed by atoms with Crippen molar-refractivity contribution in [3.05, 3.63) is 71.8 Å². The maximum Gasteiger partial charge on any atom is 0.232 e. The van der Waals surface area contributed by atoms with Crippen molar-refractivity contribution in [1.29, 1.82) is 0 Å². The van der Waals surface area contributed by atoms with Crippen LogP contribution in [0.25, 0.3) is 0 Å². The molecule has 0 aliphatic carbocycles. The van der Waals surface area contributed by atoms with E-state index in [1.807, 2.05) is 60.7 Å². The van der Waals surface area contributed by atoms with E-state index in [4.69, 9.17) is 5.73 Å². The minimum Gasteiger partial charge on any atom is -0.369 e. The van der Waals surface area contributed by atoms with Gasteiger partial charge in [-0.1, -0.05) is 60.7 Å². The third kappa shape index (κ3) is 3.34. The second kappa shape index (κ2) is 7.40. The second-order valence-electron chi connectivity index (χ2n) is 7.26. The number of benzene rings is 2. The van der Waals surface area contributed by atoms with Crippen molar-refractivity contribution in [2.75, 3.05) is 6.54 Å². The summed E-state index contributed by atoms with van der Waals surface area (Å²) in [5, 5.41) is 0. The number of hydrogen-bond acceptors (Lipinski definition) is 2. The van der Waals surface area contributed by atoms with Gasteiger partial charge < -0.3 is 5.73 Å². The van der Waals surface area contributed by atoms with Crippen molar-refractivity contribution in [1.82, 2.24) is 4.90 Å². The summed E-state index contributed by atoms with van der Waals surface area (Å²) in [4.78, 5) is 15.3. The number of likely N-dealkylation sites (tertiary alicyclic amines) is 1. The molecule has 3 heteroatoms. The zero-order chi connectivity index (χ0) is 17.9. The molecule has 0 saturated carbocycles. The van der Waals surface area contributed by atoms with E-state index in [-0.39, 0.29) is 5.91 Å². The molecule has 3 rings (SSSR count). The molecule has 1 saturated heterocycles. The highest BCUT2D eigenvalue weighted by Crippen LogP contribution is 2.37. The molecule has 1 fully saturated rings. The van der Waals surface area contributed by atoms with Gasteiger partial charge in [-0.2, -0.15) is 0 Å². The summed E-state index contributed by atoms with van der Waals surface area (Å²) in [6, 6.07) is 21.1. The van der Waals surface area contributed by atoms with E-state index in [0.717, 1.165) is 17.7 Å². The molecule has 3 nitrogen and oxygen atoms in total. The number of rotatable bonds is 6. The Hall–Kier alpha value is -2.13. The zero-order valence-electron chi connectivity index (χ0n) is 15.2. The Bertz CT molecular complexity index is 649. The maximum atomic E-state index is 12.8. The molecule has 1 aliphatic heterocycles. The summed E-state index contributed by atoms with van der Waals surface area (Å²) >= 11 is 0. The van der Waals surface area contributed by atoms with Crippen LogP contribution >= 0.6 is 0 Å². The number of nitrogens with two attached hydrogens (primary N) is 1. The maximum absolute atomic E-state index is 12.8. The number of carbonyl (C=O) groups is 1.